The average Bonchev–Trinajstić information content (AvgIpc) is 2.97. The highest BCUT2D eigenvalue weighted by molar-refractivity contribution is 6.12. The van der Waals surface area contributed by atoms with Crippen molar-refractivity contribution in [1.29, 1.82) is 0 Å². The largest absolute Gasteiger partial charge is 0.493 e. The van der Waals surface area contributed by atoms with Gasteiger partial charge in [0.05, 0.1) is 6.61 Å². The van der Waals surface area contributed by atoms with Crippen LogP contribution in [0.4, 0.5) is 4.39 Å². The highest BCUT2D eigenvalue weighted by atomic mass is 19.1. The van der Waals surface area contributed by atoms with E-state index in [2.05, 4.69) is 11.9 Å². The quantitative estimate of drug-likeness (QED) is 0.447. The smallest absolute Gasteiger partial charge is 0.363 e. The van der Waals surface area contributed by atoms with Gasteiger partial charge in [0.15, 0.2) is 5.70 Å². The summed E-state index contributed by atoms with van der Waals surface area (Å²) < 4.78 is 24.3. The van der Waals surface area contributed by atoms with E-state index in [9.17, 15) is 9.18 Å². The Balaban J connectivity index is 1.87. The fraction of sp³-hybridized carbons (Fsp3) is 0.200. The normalized spacial score (nSPS) is 15.2. The van der Waals surface area contributed by atoms with Crippen molar-refractivity contribution < 1.29 is 18.7 Å². The van der Waals surface area contributed by atoms with Crippen LogP contribution in [-0.4, -0.2) is 18.5 Å². The molecule has 1 aliphatic heterocycles. The van der Waals surface area contributed by atoms with Gasteiger partial charge < -0.3 is 9.47 Å². The summed E-state index contributed by atoms with van der Waals surface area (Å²) in [6.07, 6.45) is 3.61. The van der Waals surface area contributed by atoms with E-state index in [1.54, 1.807) is 18.2 Å². The zero-order chi connectivity index (χ0) is 17.6. The van der Waals surface area contributed by atoms with Gasteiger partial charge in [-0.15, -0.1) is 0 Å². The summed E-state index contributed by atoms with van der Waals surface area (Å²) >= 11 is 0. The van der Waals surface area contributed by atoms with Crippen LogP contribution in [0, 0.1) is 5.82 Å². The highest BCUT2D eigenvalue weighted by Crippen LogP contribution is 2.25. The number of carbonyl (C=O) groups is 1. The molecule has 0 aromatic heterocycles. The summed E-state index contributed by atoms with van der Waals surface area (Å²) in [4.78, 5) is 16.3. The van der Waals surface area contributed by atoms with Crippen molar-refractivity contribution in [3.8, 4) is 5.75 Å². The van der Waals surface area contributed by atoms with Gasteiger partial charge in [-0.05, 0) is 36.8 Å². The summed E-state index contributed by atoms with van der Waals surface area (Å²) in [5.74, 6) is -0.197. The lowest BCUT2D eigenvalue weighted by Crippen LogP contribution is -2.05. The fourth-order valence-corrected chi connectivity index (χ4v) is 2.36. The number of ether oxygens (including phenoxy) is 2. The first kappa shape index (κ1) is 16.9. The zero-order valence-corrected chi connectivity index (χ0v) is 13.9. The first-order valence-corrected chi connectivity index (χ1v) is 8.17. The molecule has 0 unspecified atom stereocenters. The fourth-order valence-electron chi connectivity index (χ4n) is 2.36. The molecule has 0 N–H and O–H groups in total. The van der Waals surface area contributed by atoms with Gasteiger partial charge in [0, 0.05) is 11.1 Å². The van der Waals surface area contributed by atoms with E-state index in [0.717, 1.165) is 18.4 Å². The molecule has 0 radical (unpaired) electrons. The van der Waals surface area contributed by atoms with Crippen LogP contribution in [0.1, 0.15) is 30.9 Å². The van der Waals surface area contributed by atoms with Crippen LogP contribution < -0.4 is 4.74 Å². The molecule has 5 heteroatoms. The number of halogens is 1. The number of benzene rings is 2. The maximum atomic E-state index is 13.3. The van der Waals surface area contributed by atoms with E-state index in [-0.39, 0.29) is 11.6 Å². The van der Waals surface area contributed by atoms with Gasteiger partial charge in [-0.1, -0.05) is 37.6 Å². The number of carbonyl (C=O) groups excluding carboxylic acids is 1. The van der Waals surface area contributed by atoms with Crippen LogP contribution >= 0.6 is 0 Å². The second kappa shape index (κ2) is 7.75. The predicted octanol–water partition coefficient (Wildman–Crippen LogP) is 4.35. The molecule has 0 aliphatic carbocycles. The van der Waals surface area contributed by atoms with E-state index in [1.807, 2.05) is 24.3 Å². The Morgan fingerprint density at radius 3 is 2.84 bits per heavy atom. The molecule has 3 rings (SSSR count). The van der Waals surface area contributed by atoms with Gasteiger partial charge in [-0.3, -0.25) is 0 Å². The SMILES string of the molecule is CCCCOc1ccccc1/C=C1\N=C(c2cccc(F)c2)OC1=O. The minimum atomic E-state index is -0.567. The summed E-state index contributed by atoms with van der Waals surface area (Å²) in [6.45, 7) is 2.70. The van der Waals surface area contributed by atoms with Crippen molar-refractivity contribution in [2.45, 2.75) is 19.8 Å². The van der Waals surface area contributed by atoms with Crippen molar-refractivity contribution in [2.24, 2.45) is 4.99 Å². The lowest BCUT2D eigenvalue weighted by molar-refractivity contribution is -0.129. The average molecular weight is 339 g/mol. The third kappa shape index (κ3) is 4.12. The summed E-state index contributed by atoms with van der Waals surface area (Å²) in [6, 6.07) is 13.2. The van der Waals surface area contributed by atoms with Crippen LogP contribution in [0.15, 0.2) is 59.2 Å². The predicted molar refractivity (Wildman–Crippen MR) is 93.9 cm³/mol. The van der Waals surface area contributed by atoms with Crippen molar-refractivity contribution in [2.75, 3.05) is 6.61 Å². The number of rotatable bonds is 6. The molecule has 128 valence electrons. The molecule has 0 spiro atoms. The van der Waals surface area contributed by atoms with Crippen molar-refractivity contribution in [3.05, 3.63) is 71.2 Å². The van der Waals surface area contributed by atoms with Gasteiger partial charge in [0.2, 0.25) is 5.90 Å². The highest BCUT2D eigenvalue weighted by Gasteiger charge is 2.24. The topological polar surface area (TPSA) is 47.9 Å². The summed E-state index contributed by atoms with van der Waals surface area (Å²) in [5.41, 5.74) is 1.32. The standard InChI is InChI=1S/C20H18FNO3/c1-2-3-11-24-18-10-5-4-7-14(18)13-17-20(23)25-19(22-17)15-8-6-9-16(21)12-15/h4-10,12-13H,2-3,11H2,1H3/b17-13-. The third-order valence-corrected chi connectivity index (χ3v) is 3.66. The Hall–Kier alpha value is -2.95. The number of cyclic esters (lactones) is 1. The molecular weight excluding hydrogens is 321 g/mol. The minimum Gasteiger partial charge on any atom is -0.493 e. The van der Waals surface area contributed by atoms with Crippen LogP contribution in [0.3, 0.4) is 0 Å². The van der Waals surface area contributed by atoms with E-state index in [1.165, 1.54) is 12.1 Å². The second-order valence-electron chi connectivity index (χ2n) is 5.59. The maximum Gasteiger partial charge on any atom is 0.363 e. The van der Waals surface area contributed by atoms with E-state index < -0.39 is 11.8 Å². The number of unbranched alkanes of at least 4 members (excludes halogenated alkanes) is 1. The number of para-hydroxylation sites is 1. The van der Waals surface area contributed by atoms with Crippen molar-refractivity contribution in [1.82, 2.24) is 0 Å². The molecule has 1 aliphatic rings. The zero-order valence-electron chi connectivity index (χ0n) is 13.9. The second-order valence-corrected chi connectivity index (χ2v) is 5.59. The van der Waals surface area contributed by atoms with E-state index >= 15 is 0 Å². The summed E-state index contributed by atoms with van der Waals surface area (Å²) in [5, 5.41) is 0. The molecule has 0 saturated carbocycles. The Bertz CT molecular complexity index is 842. The molecule has 2 aromatic rings. The van der Waals surface area contributed by atoms with Gasteiger partial charge in [-0.2, -0.15) is 0 Å². The van der Waals surface area contributed by atoms with Crippen LogP contribution in [0.25, 0.3) is 6.08 Å². The Morgan fingerprint density at radius 1 is 1.20 bits per heavy atom. The molecule has 2 aromatic carbocycles. The number of esters is 1. The third-order valence-electron chi connectivity index (χ3n) is 3.66. The molecule has 0 fully saturated rings. The van der Waals surface area contributed by atoms with Crippen LogP contribution in [0.2, 0.25) is 0 Å². The van der Waals surface area contributed by atoms with Gasteiger partial charge >= 0.3 is 5.97 Å². The number of nitrogens with zero attached hydrogens (tertiary/aromatic N) is 1. The molecule has 0 saturated heterocycles. The molecular formula is C20H18FNO3. The number of aliphatic imine (C=N–C) groups is 1. The van der Waals surface area contributed by atoms with E-state index in [0.29, 0.717) is 17.9 Å². The molecule has 25 heavy (non-hydrogen) atoms. The number of hydrogen-bond acceptors (Lipinski definition) is 4. The van der Waals surface area contributed by atoms with Crippen LogP contribution in [0.5, 0.6) is 5.75 Å². The molecule has 4 nitrogen and oxygen atoms in total. The number of hydrogen-bond donors (Lipinski definition) is 0. The maximum absolute atomic E-state index is 13.3. The van der Waals surface area contributed by atoms with Crippen molar-refractivity contribution >= 4 is 17.9 Å². The molecule has 1 heterocycles. The molecule has 0 bridgehead atoms. The first-order valence-electron chi connectivity index (χ1n) is 8.17. The lowest BCUT2D eigenvalue weighted by Gasteiger charge is -2.08. The molecule has 0 amide bonds. The Morgan fingerprint density at radius 2 is 2.04 bits per heavy atom. The lowest BCUT2D eigenvalue weighted by atomic mass is 10.1. The molecule has 0 atom stereocenters. The van der Waals surface area contributed by atoms with Crippen molar-refractivity contribution in [3.63, 3.8) is 0 Å². The van der Waals surface area contributed by atoms with Gasteiger partial charge in [0.25, 0.3) is 0 Å². The van der Waals surface area contributed by atoms with Gasteiger partial charge in [0.1, 0.15) is 11.6 Å². The minimum absolute atomic E-state index is 0.0973. The Kier molecular flexibility index (Phi) is 5.23. The Labute approximate surface area is 145 Å². The summed E-state index contributed by atoms with van der Waals surface area (Å²) in [7, 11) is 0. The monoisotopic (exact) mass is 339 g/mol. The first-order chi connectivity index (χ1) is 12.2. The van der Waals surface area contributed by atoms with Gasteiger partial charge in [-0.25, -0.2) is 14.2 Å². The van der Waals surface area contributed by atoms with E-state index in [4.69, 9.17) is 9.47 Å². The van der Waals surface area contributed by atoms with Crippen LogP contribution in [-0.2, 0) is 9.53 Å².